The first-order valence-electron chi connectivity index (χ1n) is 19.9. The number of fused-ring (bicyclic) bond motifs is 3. The summed E-state index contributed by atoms with van der Waals surface area (Å²) in [6, 6.07) is 40.2. The van der Waals surface area contributed by atoms with Gasteiger partial charge in [-0.25, -0.2) is 0 Å². The number of ether oxygens (including phenoxy) is 11. The normalized spacial score (nSPS) is 30.5. The van der Waals surface area contributed by atoms with E-state index < -0.39 is 73.0 Å². The molecule has 8 rings (SSSR count). The lowest BCUT2D eigenvalue weighted by atomic mass is 9.99. The largest absolute Gasteiger partial charge is 0.374 e. The van der Waals surface area contributed by atoms with Crippen LogP contribution in [0.5, 0.6) is 0 Å². The van der Waals surface area contributed by atoms with Crippen LogP contribution >= 0.6 is 0 Å². The Balaban J connectivity index is 1.07. The molecule has 0 N–H and O–H groups in total. The number of benzene rings is 4. The average Bonchev–Trinajstić information content (AvgIpc) is 3.86. The van der Waals surface area contributed by atoms with Gasteiger partial charge in [-0.05, 0) is 49.9 Å². The van der Waals surface area contributed by atoms with Crippen molar-refractivity contribution in [1.82, 2.24) is 0 Å². The van der Waals surface area contributed by atoms with E-state index in [1.54, 1.807) is 0 Å². The number of hydrogen-bond donors (Lipinski definition) is 0. The minimum absolute atomic E-state index is 0.0989. The zero-order valence-corrected chi connectivity index (χ0v) is 33.1. The molecule has 0 amide bonds. The van der Waals surface area contributed by atoms with Crippen molar-refractivity contribution in [3.8, 4) is 0 Å². The molecule has 0 radical (unpaired) electrons. The van der Waals surface area contributed by atoms with E-state index in [-0.39, 0.29) is 13.2 Å². The van der Waals surface area contributed by atoms with Crippen LogP contribution in [0.1, 0.15) is 49.9 Å². The average molecular weight is 783 g/mol. The fourth-order valence-corrected chi connectivity index (χ4v) is 7.88. The van der Waals surface area contributed by atoms with Crippen LogP contribution in [0.2, 0.25) is 0 Å². The first kappa shape index (κ1) is 40.2. The summed E-state index contributed by atoms with van der Waals surface area (Å²) in [6.45, 7) is 9.25. The Morgan fingerprint density at radius 3 is 1.60 bits per heavy atom. The molecule has 57 heavy (non-hydrogen) atoms. The fourth-order valence-electron chi connectivity index (χ4n) is 7.88. The molecule has 4 saturated heterocycles. The maximum atomic E-state index is 6.92. The Kier molecular flexibility index (Phi) is 12.8. The lowest BCUT2D eigenvalue weighted by molar-refractivity contribution is -0.263. The van der Waals surface area contributed by atoms with Gasteiger partial charge in [0.2, 0.25) is 0 Å². The molecular weight excluding hydrogens is 728 g/mol. The van der Waals surface area contributed by atoms with Crippen molar-refractivity contribution in [3.05, 3.63) is 144 Å². The second-order valence-electron chi connectivity index (χ2n) is 15.9. The van der Waals surface area contributed by atoms with Crippen LogP contribution in [0.15, 0.2) is 121 Å². The Morgan fingerprint density at radius 2 is 1.00 bits per heavy atom. The lowest BCUT2D eigenvalue weighted by Gasteiger charge is -2.37. The lowest BCUT2D eigenvalue weighted by Crippen LogP contribution is -2.56. The molecule has 0 aliphatic carbocycles. The van der Waals surface area contributed by atoms with Crippen molar-refractivity contribution < 1.29 is 52.1 Å². The van der Waals surface area contributed by atoms with Crippen molar-refractivity contribution in [2.24, 2.45) is 0 Å². The highest BCUT2D eigenvalue weighted by molar-refractivity contribution is 5.16. The van der Waals surface area contributed by atoms with Crippen molar-refractivity contribution in [2.45, 2.75) is 127 Å². The minimum atomic E-state index is -0.872. The van der Waals surface area contributed by atoms with Gasteiger partial charge in [0.25, 0.3) is 0 Å². The predicted molar refractivity (Wildman–Crippen MR) is 208 cm³/mol. The molecule has 10 atom stereocenters. The summed E-state index contributed by atoms with van der Waals surface area (Å²) in [5.74, 6) is -1.69. The monoisotopic (exact) mass is 782 g/mol. The summed E-state index contributed by atoms with van der Waals surface area (Å²) in [5, 5.41) is 0. The Morgan fingerprint density at radius 1 is 0.509 bits per heavy atom. The molecule has 4 aromatic carbocycles. The second kappa shape index (κ2) is 18.1. The van der Waals surface area contributed by atoms with Crippen LogP contribution in [0.25, 0.3) is 0 Å². The smallest absolute Gasteiger partial charge is 0.190 e. The van der Waals surface area contributed by atoms with E-state index in [9.17, 15) is 0 Å². The van der Waals surface area contributed by atoms with Crippen LogP contribution in [-0.2, 0) is 78.5 Å². The van der Waals surface area contributed by atoms with Crippen LogP contribution in [-0.4, -0.2) is 86.2 Å². The van der Waals surface area contributed by atoms with E-state index in [1.807, 2.05) is 149 Å². The molecule has 4 heterocycles. The second-order valence-corrected chi connectivity index (χ2v) is 15.9. The SMILES string of the molecule is CC1(C)O[C@H]2[C@@H](O1)[C@@H](CO[C@H]1O[C@H]([C@@H](COCc3ccccc3)OCc3ccccc3)[C@H](OCc3ccccc3)[C@H]1OCc1ccccc1)O[C@@H]1OC(C)(C)O[C@@H]12. The molecule has 4 aliphatic heterocycles. The van der Waals surface area contributed by atoms with E-state index in [0.717, 1.165) is 22.3 Å². The third-order valence-corrected chi connectivity index (χ3v) is 10.5. The molecule has 11 nitrogen and oxygen atoms in total. The van der Waals surface area contributed by atoms with Crippen molar-refractivity contribution >= 4 is 0 Å². The molecule has 4 aliphatic rings. The van der Waals surface area contributed by atoms with Crippen molar-refractivity contribution in [3.63, 3.8) is 0 Å². The van der Waals surface area contributed by atoms with Gasteiger partial charge in [0.05, 0.1) is 39.6 Å². The van der Waals surface area contributed by atoms with Crippen molar-refractivity contribution in [1.29, 1.82) is 0 Å². The van der Waals surface area contributed by atoms with E-state index in [1.165, 1.54) is 0 Å². The highest BCUT2D eigenvalue weighted by Gasteiger charge is 2.61. The topological polar surface area (TPSA) is 102 Å². The molecular formula is C46H54O11. The molecule has 0 unspecified atom stereocenters. The summed E-state index contributed by atoms with van der Waals surface area (Å²) >= 11 is 0. The van der Waals surface area contributed by atoms with Gasteiger partial charge in [0.1, 0.15) is 48.8 Å². The zero-order valence-electron chi connectivity index (χ0n) is 33.1. The summed E-state index contributed by atoms with van der Waals surface area (Å²) < 4.78 is 72.0. The first-order valence-corrected chi connectivity index (χ1v) is 19.9. The van der Waals surface area contributed by atoms with Crippen LogP contribution in [0.4, 0.5) is 0 Å². The predicted octanol–water partition coefficient (Wildman–Crippen LogP) is 7.10. The molecule has 0 spiro atoms. The summed E-state index contributed by atoms with van der Waals surface area (Å²) in [5.41, 5.74) is 4.11. The third-order valence-electron chi connectivity index (χ3n) is 10.5. The Labute approximate surface area is 335 Å². The molecule has 4 fully saturated rings. The van der Waals surface area contributed by atoms with Gasteiger partial charge in [-0.3, -0.25) is 0 Å². The highest BCUT2D eigenvalue weighted by atomic mass is 16.9. The van der Waals surface area contributed by atoms with E-state index in [4.69, 9.17) is 52.1 Å². The highest BCUT2D eigenvalue weighted by Crippen LogP contribution is 2.44. The molecule has 0 aromatic heterocycles. The van der Waals surface area contributed by atoms with Gasteiger partial charge < -0.3 is 52.1 Å². The minimum Gasteiger partial charge on any atom is -0.374 e. The zero-order chi connectivity index (χ0) is 39.2. The van der Waals surface area contributed by atoms with E-state index >= 15 is 0 Å². The molecule has 304 valence electrons. The standard InChI is InChI=1S/C46H54O11/c1-45(2)54-38-36(52-44-42(40(38)55-45)56-46(3,4)57-44)30-51-43-41(50-28-34-23-15-8-16-24-34)39(49-27-33-21-13-7-14-22-33)37(53-43)35(48-26-32-19-11-6-12-20-32)29-47-25-31-17-9-5-10-18-31/h5-24,35-44H,25-30H2,1-4H3/t35-,36-,37-,38+,39+,40+,41-,42-,43+,44-/m1/s1. The summed E-state index contributed by atoms with van der Waals surface area (Å²) in [7, 11) is 0. The Bertz CT molecular complexity index is 1810. The van der Waals surface area contributed by atoms with Crippen molar-refractivity contribution in [2.75, 3.05) is 13.2 Å². The van der Waals surface area contributed by atoms with Gasteiger partial charge in [-0.1, -0.05) is 121 Å². The quantitative estimate of drug-likeness (QED) is 0.110. The van der Waals surface area contributed by atoms with Crippen LogP contribution in [0, 0.1) is 0 Å². The van der Waals surface area contributed by atoms with Gasteiger partial charge in [0, 0.05) is 0 Å². The van der Waals surface area contributed by atoms with E-state index in [2.05, 4.69) is 0 Å². The van der Waals surface area contributed by atoms with Gasteiger partial charge >= 0.3 is 0 Å². The fraction of sp³-hybridized carbons (Fsp3) is 0.478. The molecule has 11 heteroatoms. The third kappa shape index (κ3) is 10.2. The summed E-state index contributed by atoms with van der Waals surface area (Å²) in [4.78, 5) is 0. The Hall–Kier alpha value is -3.56. The molecule has 0 bridgehead atoms. The molecule has 0 saturated carbocycles. The van der Waals surface area contributed by atoms with Gasteiger partial charge in [0.15, 0.2) is 24.2 Å². The van der Waals surface area contributed by atoms with Gasteiger partial charge in [-0.15, -0.1) is 0 Å². The van der Waals surface area contributed by atoms with E-state index in [0.29, 0.717) is 26.4 Å². The summed E-state index contributed by atoms with van der Waals surface area (Å²) in [6.07, 6.45) is -5.90. The van der Waals surface area contributed by atoms with Gasteiger partial charge in [-0.2, -0.15) is 0 Å². The number of rotatable bonds is 17. The molecule has 4 aromatic rings. The maximum absolute atomic E-state index is 6.92. The van der Waals surface area contributed by atoms with Crippen LogP contribution in [0.3, 0.4) is 0 Å². The number of hydrogen-bond acceptors (Lipinski definition) is 11. The maximum Gasteiger partial charge on any atom is 0.190 e. The van der Waals surface area contributed by atoms with Crippen LogP contribution < -0.4 is 0 Å². The first-order chi connectivity index (χ1) is 27.7.